The van der Waals surface area contributed by atoms with Crippen LogP contribution in [0.25, 0.3) is 0 Å². The van der Waals surface area contributed by atoms with Crippen LogP contribution in [0, 0.1) is 5.92 Å². The Morgan fingerprint density at radius 2 is 1.95 bits per heavy atom. The van der Waals surface area contributed by atoms with Crippen LogP contribution in [0.15, 0.2) is 24.3 Å². The number of benzene rings is 1. The minimum absolute atomic E-state index is 0.219. The first-order valence-corrected chi connectivity index (χ1v) is 9.53. The molecular formula is C15H22ClNO2S. The molecule has 1 saturated carbocycles. The van der Waals surface area contributed by atoms with Crippen molar-refractivity contribution in [2.75, 3.05) is 18.6 Å². The summed E-state index contributed by atoms with van der Waals surface area (Å²) >= 11 is 5.90. The van der Waals surface area contributed by atoms with Crippen molar-refractivity contribution in [1.29, 1.82) is 0 Å². The summed E-state index contributed by atoms with van der Waals surface area (Å²) in [6.45, 7) is 0.556. The van der Waals surface area contributed by atoms with Gasteiger partial charge in [0.2, 0.25) is 0 Å². The maximum absolute atomic E-state index is 11.2. The monoisotopic (exact) mass is 315 g/mol. The Bertz CT molecular complexity index is 527. The summed E-state index contributed by atoms with van der Waals surface area (Å²) in [5.41, 5.74) is 1.30. The number of halogens is 1. The second-order valence-corrected chi connectivity index (χ2v) is 8.41. The molecule has 3 nitrogen and oxygen atoms in total. The van der Waals surface area contributed by atoms with Gasteiger partial charge in [0, 0.05) is 23.9 Å². The zero-order valence-electron chi connectivity index (χ0n) is 11.8. The van der Waals surface area contributed by atoms with E-state index >= 15 is 0 Å². The van der Waals surface area contributed by atoms with E-state index in [2.05, 4.69) is 17.4 Å². The van der Waals surface area contributed by atoms with Gasteiger partial charge in [0.1, 0.15) is 9.84 Å². The Hall–Kier alpha value is -0.580. The Morgan fingerprint density at radius 1 is 1.25 bits per heavy atom. The van der Waals surface area contributed by atoms with Crippen molar-refractivity contribution in [2.45, 2.75) is 31.7 Å². The number of rotatable bonds is 6. The fourth-order valence-electron chi connectivity index (χ4n) is 2.90. The van der Waals surface area contributed by atoms with Gasteiger partial charge in [0.25, 0.3) is 0 Å². The predicted octanol–water partition coefficient (Wildman–Crippen LogP) is 2.69. The van der Waals surface area contributed by atoms with Gasteiger partial charge in [0.05, 0.1) is 5.75 Å². The Kier molecular flexibility index (Phi) is 5.47. The van der Waals surface area contributed by atoms with Crippen LogP contribution in [0.3, 0.4) is 0 Å². The highest BCUT2D eigenvalue weighted by Gasteiger charge is 2.26. The van der Waals surface area contributed by atoms with E-state index in [1.165, 1.54) is 24.7 Å². The lowest BCUT2D eigenvalue weighted by atomic mass is 9.94. The van der Waals surface area contributed by atoms with Crippen molar-refractivity contribution in [3.05, 3.63) is 34.9 Å². The molecule has 0 aromatic heterocycles. The van der Waals surface area contributed by atoms with Crippen LogP contribution in [0.4, 0.5) is 0 Å². The van der Waals surface area contributed by atoms with Crippen LogP contribution in [0.2, 0.25) is 5.02 Å². The zero-order valence-corrected chi connectivity index (χ0v) is 13.4. The van der Waals surface area contributed by atoms with Crippen LogP contribution in [-0.4, -0.2) is 33.0 Å². The van der Waals surface area contributed by atoms with Gasteiger partial charge in [-0.2, -0.15) is 0 Å². The average molecular weight is 316 g/mol. The Morgan fingerprint density at radius 3 is 2.60 bits per heavy atom. The molecule has 20 heavy (non-hydrogen) atoms. The first kappa shape index (κ1) is 15.8. The van der Waals surface area contributed by atoms with Gasteiger partial charge in [-0.25, -0.2) is 8.42 Å². The second kappa shape index (κ2) is 6.92. The van der Waals surface area contributed by atoms with E-state index in [0.717, 1.165) is 17.9 Å². The van der Waals surface area contributed by atoms with E-state index in [9.17, 15) is 8.42 Å². The van der Waals surface area contributed by atoms with E-state index in [4.69, 9.17) is 11.6 Å². The molecule has 1 aliphatic carbocycles. The summed E-state index contributed by atoms with van der Waals surface area (Å²) in [6.07, 6.45) is 5.89. The molecule has 2 atom stereocenters. The van der Waals surface area contributed by atoms with Gasteiger partial charge in [0.15, 0.2) is 0 Å². The molecule has 1 N–H and O–H groups in total. The third-order valence-electron chi connectivity index (χ3n) is 3.95. The normalized spacial score (nSPS) is 23.1. The van der Waals surface area contributed by atoms with Crippen molar-refractivity contribution in [3.8, 4) is 0 Å². The Labute approximate surface area is 126 Å². The van der Waals surface area contributed by atoms with Crippen molar-refractivity contribution in [2.24, 2.45) is 5.92 Å². The predicted molar refractivity (Wildman–Crippen MR) is 84.0 cm³/mol. The van der Waals surface area contributed by atoms with Crippen molar-refractivity contribution in [3.63, 3.8) is 0 Å². The third-order valence-corrected chi connectivity index (χ3v) is 5.15. The summed E-state index contributed by atoms with van der Waals surface area (Å²) in [4.78, 5) is 0. The molecule has 5 heteroatoms. The number of hydrogen-bond donors (Lipinski definition) is 1. The molecule has 1 aromatic carbocycles. The molecule has 0 heterocycles. The van der Waals surface area contributed by atoms with Crippen molar-refractivity contribution < 1.29 is 8.42 Å². The number of sulfone groups is 1. The molecule has 1 fully saturated rings. The minimum atomic E-state index is -2.87. The third kappa shape index (κ3) is 5.08. The molecule has 0 radical (unpaired) electrons. The van der Waals surface area contributed by atoms with Gasteiger partial charge in [-0.15, -0.1) is 0 Å². The quantitative estimate of drug-likeness (QED) is 0.878. The van der Waals surface area contributed by atoms with E-state index in [0.29, 0.717) is 18.5 Å². The average Bonchev–Trinajstić information content (AvgIpc) is 2.78. The first-order valence-electron chi connectivity index (χ1n) is 7.09. The highest BCUT2D eigenvalue weighted by atomic mass is 35.5. The molecule has 0 spiro atoms. The molecular weight excluding hydrogens is 294 g/mol. The minimum Gasteiger partial charge on any atom is -0.313 e. The maximum Gasteiger partial charge on any atom is 0.148 e. The summed E-state index contributed by atoms with van der Waals surface area (Å²) in [5.74, 6) is 0.813. The summed E-state index contributed by atoms with van der Waals surface area (Å²) in [6, 6.07) is 8.45. The molecule has 0 bridgehead atoms. The van der Waals surface area contributed by atoms with Gasteiger partial charge in [-0.1, -0.05) is 30.2 Å². The molecule has 0 aliphatic heterocycles. The molecule has 2 rings (SSSR count). The maximum atomic E-state index is 11.2. The fourth-order valence-corrected chi connectivity index (χ4v) is 3.52. The SMILES string of the molecule is CS(=O)(=O)CCNC1CCCC1Cc1ccc(Cl)cc1. The zero-order chi connectivity index (χ0) is 14.6. The van der Waals surface area contributed by atoms with Crippen LogP contribution in [0.5, 0.6) is 0 Å². The molecule has 112 valence electrons. The van der Waals surface area contributed by atoms with Crippen molar-refractivity contribution in [1.82, 2.24) is 5.32 Å². The van der Waals surface area contributed by atoms with E-state index < -0.39 is 9.84 Å². The van der Waals surface area contributed by atoms with Gasteiger partial charge < -0.3 is 5.32 Å². The topological polar surface area (TPSA) is 46.2 Å². The largest absolute Gasteiger partial charge is 0.313 e. The van der Waals surface area contributed by atoms with E-state index in [1.807, 2.05) is 12.1 Å². The lowest BCUT2D eigenvalue weighted by molar-refractivity contribution is 0.406. The van der Waals surface area contributed by atoms with Gasteiger partial charge in [-0.05, 0) is 42.9 Å². The van der Waals surface area contributed by atoms with Gasteiger partial charge in [-0.3, -0.25) is 0 Å². The van der Waals surface area contributed by atoms with Crippen LogP contribution >= 0.6 is 11.6 Å². The highest BCUT2D eigenvalue weighted by Crippen LogP contribution is 2.29. The van der Waals surface area contributed by atoms with Crippen molar-refractivity contribution >= 4 is 21.4 Å². The fraction of sp³-hybridized carbons (Fsp3) is 0.600. The molecule has 1 aromatic rings. The summed E-state index contributed by atoms with van der Waals surface area (Å²) < 4.78 is 22.3. The van der Waals surface area contributed by atoms with E-state index in [1.54, 1.807) is 0 Å². The highest BCUT2D eigenvalue weighted by molar-refractivity contribution is 7.90. The lowest BCUT2D eigenvalue weighted by Gasteiger charge is -2.21. The van der Waals surface area contributed by atoms with Crippen LogP contribution in [-0.2, 0) is 16.3 Å². The Balaban J connectivity index is 1.85. The smallest absolute Gasteiger partial charge is 0.148 e. The van der Waals surface area contributed by atoms with E-state index in [-0.39, 0.29) is 5.75 Å². The summed E-state index contributed by atoms with van der Waals surface area (Å²) in [5, 5.41) is 4.18. The first-order chi connectivity index (χ1) is 9.44. The molecule has 1 aliphatic rings. The number of hydrogen-bond acceptors (Lipinski definition) is 3. The standard InChI is InChI=1S/C15H22ClNO2S/c1-20(18,19)10-9-17-15-4-2-3-13(15)11-12-5-7-14(16)8-6-12/h5-8,13,15,17H,2-4,9-11H2,1H3. The molecule has 2 unspecified atom stereocenters. The van der Waals surface area contributed by atoms with Crippen LogP contribution < -0.4 is 5.32 Å². The lowest BCUT2D eigenvalue weighted by Crippen LogP contribution is -2.36. The second-order valence-electron chi connectivity index (χ2n) is 5.71. The molecule has 0 saturated heterocycles. The van der Waals surface area contributed by atoms with Gasteiger partial charge >= 0.3 is 0 Å². The number of nitrogens with one attached hydrogen (secondary N) is 1. The van der Waals surface area contributed by atoms with Crippen LogP contribution in [0.1, 0.15) is 24.8 Å². The molecule has 0 amide bonds. The summed E-state index contributed by atoms with van der Waals surface area (Å²) in [7, 11) is -2.87.